The maximum Gasteiger partial charge on any atom is 0.263 e. The van der Waals surface area contributed by atoms with Gasteiger partial charge < -0.3 is 4.90 Å². The molecule has 0 radical (unpaired) electrons. The fraction of sp³-hybridized carbons (Fsp3) is 0.455. The molecule has 3 heterocycles. The van der Waals surface area contributed by atoms with Crippen LogP contribution in [0.4, 0.5) is 10.3 Å². The van der Waals surface area contributed by atoms with E-state index in [1.54, 1.807) is 15.9 Å². The highest BCUT2D eigenvalue weighted by molar-refractivity contribution is 7.18. The first-order chi connectivity index (χ1) is 14.1. The summed E-state index contributed by atoms with van der Waals surface area (Å²) < 4.78 is 14.8. The zero-order valence-corrected chi connectivity index (χ0v) is 17.5. The van der Waals surface area contributed by atoms with Gasteiger partial charge in [-0.1, -0.05) is 12.1 Å². The highest BCUT2D eigenvalue weighted by Crippen LogP contribution is 2.34. The average molecular weight is 413 g/mol. The van der Waals surface area contributed by atoms with Crippen LogP contribution in [0.3, 0.4) is 0 Å². The van der Waals surface area contributed by atoms with Crippen LogP contribution in [0.2, 0.25) is 0 Å². The Hall–Kier alpha value is -2.25. The Labute approximate surface area is 173 Å². The third kappa shape index (κ3) is 3.46. The maximum absolute atomic E-state index is 13.1. The van der Waals surface area contributed by atoms with E-state index in [9.17, 15) is 9.18 Å². The number of hydrogen-bond acceptors (Lipinski definition) is 5. The van der Waals surface area contributed by atoms with Crippen molar-refractivity contribution < 1.29 is 4.39 Å². The molecular weight excluding hydrogens is 387 g/mol. The molecule has 5 nitrogen and oxygen atoms in total. The van der Waals surface area contributed by atoms with Crippen molar-refractivity contribution in [1.29, 1.82) is 0 Å². The normalized spacial score (nSPS) is 17.7. The van der Waals surface area contributed by atoms with Gasteiger partial charge in [0, 0.05) is 44.6 Å². The van der Waals surface area contributed by atoms with Crippen molar-refractivity contribution in [2.75, 3.05) is 31.1 Å². The number of aryl methyl sites for hydroxylation is 2. The number of benzene rings is 1. The Kier molecular flexibility index (Phi) is 4.87. The molecule has 0 N–H and O–H groups in total. The van der Waals surface area contributed by atoms with Crippen LogP contribution in [0.15, 0.2) is 29.1 Å². The van der Waals surface area contributed by atoms with Crippen LogP contribution in [0, 0.1) is 5.82 Å². The monoisotopic (exact) mass is 412 g/mol. The highest BCUT2D eigenvalue weighted by Gasteiger charge is 2.25. The number of nitrogens with zero attached hydrogens (tertiary/aromatic N) is 4. The number of anilines is 1. The Morgan fingerprint density at radius 3 is 2.55 bits per heavy atom. The molecular formula is C22H25FN4OS. The molecule has 1 saturated heterocycles. The van der Waals surface area contributed by atoms with Crippen molar-refractivity contribution in [3.63, 3.8) is 0 Å². The molecule has 2 aromatic heterocycles. The molecule has 0 atom stereocenters. The van der Waals surface area contributed by atoms with Gasteiger partial charge in [0.15, 0.2) is 0 Å². The zero-order valence-electron chi connectivity index (χ0n) is 16.7. The summed E-state index contributed by atoms with van der Waals surface area (Å²) >= 11 is 1.71. The minimum absolute atomic E-state index is 0.0955. The lowest BCUT2D eigenvalue weighted by atomic mass is 9.97. The molecule has 0 spiro atoms. The predicted octanol–water partition coefficient (Wildman–Crippen LogP) is 3.34. The lowest BCUT2D eigenvalue weighted by molar-refractivity contribution is 0.248. The quantitative estimate of drug-likeness (QED) is 0.662. The molecule has 5 rings (SSSR count). The lowest BCUT2D eigenvalue weighted by Crippen LogP contribution is -2.47. The van der Waals surface area contributed by atoms with Crippen molar-refractivity contribution in [2.45, 2.75) is 32.2 Å². The third-order valence-electron chi connectivity index (χ3n) is 6.15. The average Bonchev–Trinajstić information content (AvgIpc) is 3.12. The Bertz CT molecular complexity index is 1100. The van der Waals surface area contributed by atoms with E-state index in [1.165, 1.54) is 35.4 Å². The lowest BCUT2D eigenvalue weighted by Gasteiger charge is -2.35. The van der Waals surface area contributed by atoms with Gasteiger partial charge in [-0.2, -0.15) is 0 Å². The molecule has 0 unspecified atom stereocenters. The summed E-state index contributed by atoms with van der Waals surface area (Å²) in [5.74, 6) is 0.582. The van der Waals surface area contributed by atoms with Crippen molar-refractivity contribution in [1.82, 2.24) is 14.5 Å². The molecule has 0 bridgehead atoms. The van der Waals surface area contributed by atoms with Crippen molar-refractivity contribution in [3.05, 3.63) is 56.4 Å². The summed E-state index contributed by atoms with van der Waals surface area (Å²) in [6, 6.07) is 6.72. The van der Waals surface area contributed by atoms with Gasteiger partial charge in [0.05, 0.1) is 5.39 Å². The zero-order chi connectivity index (χ0) is 20.0. The second-order valence-corrected chi connectivity index (χ2v) is 9.14. The van der Waals surface area contributed by atoms with E-state index in [1.807, 2.05) is 19.2 Å². The topological polar surface area (TPSA) is 41.4 Å². The number of rotatable bonds is 3. The van der Waals surface area contributed by atoms with Crippen LogP contribution < -0.4 is 10.5 Å². The first-order valence-corrected chi connectivity index (χ1v) is 11.1. The molecule has 152 valence electrons. The van der Waals surface area contributed by atoms with Gasteiger partial charge >= 0.3 is 0 Å². The summed E-state index contributed by atoms with van der Waals surface area (Å²) in [4.78, 5) is 24.9. The van der Waals surface area contributed by atoms with Crippen LogP contribution in [0.1, 0.15) is 28.8 Å². The van der Waals surface area contributed by atoms with E-state index in [2.05, 4.69) is 9.80 Å². The van der Waals surface area contributed by atoms with Crippen molar-refractivity contribution >= 4 is 27.5 Å². The van der Waals surface area contributed by atoms with Crippen LogP contribution >= 0.6 is 11.3 Å². The number of piperazine rings is 1. The van der Waals surface area contributed by atoms with Gasteiger partial charge in [0.1, 0.15) is 10.6 Å². The molecule has 29 heavy (non-hydrogen) atoms. The Morgan fingerprint density at radius 2 is 1.79 bits per heavy atom. The minimum atomic E-state index is -0.198. The van der Waals surface area contributed by atoms with Crippen molar-refractivity contribution in [2.24, 2.45) is 7.05 Å². The van der Waals surface area contributed by atoms with Gasteiger partial charge in [-0.15, -0.1) is 11.3 Å². The number of aromatic nitrogens is 2. The van der Waals surface area contributed by atoms with Crippen LogP contribution in [-0.2, 0) is 26.4 Å². The summed E-state index contributed by atoms with van der Waals surface area (Å²) in [6.07, 6.45) is 4.47. The van der Waals surface area contributed by atoms with Crippen molar-refractivity contribution in [3.8, 4) is 0 Å². The van der Waals surface area contributed by atoms with Gasteiger partial charge in [0.25, 0.3) is 5.56 Å². The van der Waals surface area contributed by atoms with Gasteiger partial charge in [0.2, 0.25) is 5.95 Å². The number of hydrogen-bond donors (Lipinski definition) is 0. The van der Waals surface area contributed by atoms with Crippen LogP contribution in [0.5, 0.6) is 0 Å². The van der Waals surface area contributed by atoms with E-state index >= 15 is 0 Å². The number of thiophene rings is 1. The standard InChI is InChI=1S/C22H25FN4OS/c1-25-21(28)19-17-4-2-3-5-18(17)29-20(19)24-22(25)27-12-10-26(11-13-27)14-15-6-8-16(23)9-7-15/h6-9H,2-5,10-14H2,1H3. The first kappa shape index (κ1) is 18.8. The van der Waals surface area contributed by atoms with Crippen LogP contribution in [0.25, 0.3) is 10.2 Å². The SMILES string of the molecule is Cn1c(N2CCN(Cc3ccc(F)cc3)CC2)nc2sc3c(c2c1=O)CCCC3. The van der Waals surface area contributed by atoms with Gasteiger partial charge in [-0.25, -0.2) is 9.37 Å². The molecule has 7 heteroatoms. The molecule has 0 amide bonds. The molecule has 2 aliphatic rings. The molecule has 1 fully saturated rings. The fourth-order valence-electron chi connectivity index (χ4n) is 4.51. The molecule has 1 aliphatic heterocycles. The largest absolute Gasteiger partial charge is 0.340 e. The minimum Gasteiger partial charge on any atom is -0.340 e. The molecule has 3 aromatic rings. The molecule has 1 aliphatic carbocycles. The van der Waals surface area contributed by atoms with E-state index in [0.29, 0.717) is 0 Å². The van der Waals surface area contributed by atoms with E-state index < -0.39 is 0 Å². The first-order valence-electron chi connectivity index (χ1n) is 10.3. The second kappa shape index (κ2) is 7.54. The Balaban J connectivity index is 1.36. The third-order valence-corrected chi connectivity index (χ3v) is 7.33. The predicted molar refractivity (Wildman–Crippen MR) is 115 cm³/mol. The van der Waals surface area contributed by atoms with E-state index in [-0.39, 0.29) is 11.4 Å². The number of fused-ring (bicyclic) bond motifs is 3. The number of halogens is 1. The smallest absolute Gasteiger partial charge is 0.263 e. The summed E-state index contributed by atoms with van der Waals surface area (Å²) in [6.45, 7) is 4.27. The molecule has 1 aromatic carbocycles. The van der Waals surface area contributed by atoms with Crippen LogP contribution in [-0.4, -0.2) is 40.6 Å². The maximum atomic E-state index is 13.1. The Morgan fingerprint density at radius 1 is 1.07 bits per heavy atom. The van der Waals surface area contributed by atoms with Gasteiger partial charge in [-0.05, 0) is 48.9 Å². The summed E-state index contributed by atoms with van der Waals surface area (Å²) in [7, 11) is 1.85. The fourth-order valence-corrected chi connectivity index (χ4v) is 5.76. The molecule has 0 saturated carbocycles. The van der Waals surface area contributed by atoms with E-state index in [4.69, 9.17) is 4.98 Å². The summed E-state index contributed by atoms with van der Waals surface area (Å²) in [5, 5.41) is 0.853. The second-order valence-electron chi connectivity index (χ2n) is 8.06. The summed E-state index contributed by atoms with van der Waals surface area (Å²) in [5.41, 5.74) is 2.47. The van der Waals surface area contributed by atoms with Gasteiger partial charge in [-0.3, -0.25) is 14.3 Å². The van der Waals surface area contributed by atoms with E-state index in [0.717, 1.165) is 67.3 Å². The highest BCUT2D eigenvalue weighted by atomic mass is 32.1.